The molecule has 1 aromatic carbocycles. The molecule has 0 amide bonds. The van der Waals surface area contributed by atoms with Gasteiger partial charge in [0.05, 0.1) is 7.11 Å². The quantitative estimate of drug-likeness (QED) is 0.774. The van der Waals surface area contributed by atoms with E-state index >= 15 is 0 Å². The second kappa shape index (κ2) is 4.47. The van der Waals surface area contributed by atoms with Gasteiger partial charge in [-0.05, 0) is 66.9 Å². The van der Waals surface area contributed by atoms with E-state index in [1.54, 1.807) is 12.7 Å². The van der Waals surface area contributed by atoms with Gasteiger partial charge in [-0.15, -0.1) is 0 Å². The topological polar surface area (TPSA) is 26.3 Å². The van der Waals surface area contributed by atoms with Gasteiger partial charge in [-0.2, -0.15) is 0 Å². The smallest absolute Gasteiger partial charge is 0.136 e. The van der Waals surface area contributed by atoms with E-state index in [0.29, 0.717) is 17.6 Å². The van der Waals surface area contributed by atoms with E-state index < -0.39 is 0 Å². The standard InChI is InChI=1S/C18H20O2/c1-20-12-6-5-11-9-17-13-3-2-4-18(19)15(13)8-7-14(17)16(11)10-12/h5-6,10,13,15H,2-4,7-9H2,1H3. The summed E-state index contributed by atoms with van der Waals surface area (Å²) >= 11 is 0. The van der Waals surface area contributed by atoms with Gasteiger partial charge in [-0.1, -0.05) is 11.6 Å². The third-order valence-electron chi connectivity index (χ3n) is 5.40. The fourth-order valence-electron chi connectivity index (χ4n) is 4.44. The fourth-order valence-corrected chi connectivity index (χ4v) is 4.44. The summed E-state index contributed by atoms with van der Waals surface area (Å²) in [6, 6.07) is 6.44. The fraction of sp³-hybridized carbons (Fsp3) is 0.500. The molecule has 0 heterocycles. The van der Waals surface area contributed by atoms with E-state index in [2.05, 4.69) is 18.2 Å². The zero-order valence-electron chi connectivity index (χ0n) is 11.9. The van der Waals surface area contributed by atoms with Crippen molar-refractivity contribution in [1.29, 1.82) is 0 Å². The summed E-state index contributed by atoms with van der Waals surface area (Å²) in [6.07, 6.45) is 6.28. The number of carbonyl (C=O) groups excluding carboxylic acids is 1. The van der Waals surface area contributed by atoms with E-state index in [0.717, 1.165) is 37.9 Å². The third kappa shape index (κ3) is 1.67. The van der Waals surface area contributed by atoms with Crippen molar-refractivity contribution < 1.29 is 9.53 Å². The number of benzene rings is 1. The minimum atomic E-state index is 0.318. The van der Waals surface area contributed by atoms with E-state index in [1.165, 1.54) is 23.1 Å². The van der Waals surface area contributed by atoms with Crippen LogP contribution in [0.3, 0.4) is 0 Å². The number of hydrogen-bond acceptors (Lipinski definition) is 2. The lowest BCUT2D eigenvalue weighted by Gasteiger charge is -2.36. The molecule has 2 heteroatoms. The van der Waals surface area contributed by atoms with Gasteiger partial charge in [0.25, 0.3) is 0 Å². The molecule has 3 aliphatic rings. The van der Waals surface area contributed by atoms with Gasteiger partial charge in [0.15, 0.2) is 0 Å². The molecule has 0 radical (unpaired) electrons. The van der Waals surface area contributed by atoms with Gasteiger partial charge in [0.1, 0.15) is 11.5 Å². The minimum absolute atomic E-state index is 0.318. The van der Waals surface area contributed by atoms with Crippen LogP contribution in [0.15, 0.2) is 23.8 Å². The molecule has 0 saturated heterocycles. The van der Waals surface area contributed by atoms with Gasteiger partial charge >= 0.3 is 0 Å². The van der Waals surface area contributed by atoms with Crippen LogP contribution >= 0.6 is 0 Å². The number of carbonyl (C=O) groups is 1. The zero-order chi connectivity index (χ0) is 13.7. The van der Waals surface area contributed by atoms with Crippen LogP contribution < -0.4 is 4.74 Å². The van der Waals surface area contributed by atoms with Crippen LogP contribution in [0, 0.1) is 11.8 Å². The van der Waals surface area contributed by atoms with Crippen LogP contribution in [0.2, 0.25) is 0 Å². The van der Waals surface area contributed by atoms with E-state index in [1.807, 2.05) is 0 Å². The maximum Gasteiger partial charge on any atom is 0.136 e. The first-order valence-corrected chi connectivity index (χ1v) is 7.70. The van der Waals surface area contributed by atoms with Crippen LogP contribution in [-0.4, -0.2) is 12.9 Å². The predicted molar refractivity (Wildman–Crippen MR) is 78.7 cm³/mol. The summed E-state index contributed by atoms with van der Waals surface area (Å²) in [5.74, 6) is 2.30. The molecule has 0 bridgehead atoms. The van der Waals surface area contributed by atoms with Crippen molar-refractivity contribution >= 4 is 11.4 Å². The monoisotopic (exact) mass is 268 g/mol. The van der Waals surface area contributed by atoms with Crippen LogP contribution in [0.25, 0.3) is 5.57 Å². The summed E-state index contributed by atoms with van der Waals surface area (Å²) < 4.78 is 5.37. The number of hydrogen-bond donors (Lipinski definition) is 0. The van der Waals surface area contributed by atoms with Crippen LogP contribution in [0.4, 0.5) is 0 Å². The van der Waals surface area contributed by atoms with E-state index in [-0.39, 0.29) is 0 Å². The Balaban J connectivity index is 1.76. The Labute approximate surface area is 119 Å². The SMILES string of the molecule is COc1ccc2c(c1)C1=C(C2)C2CCCC(=O)C2CC1. The molecule has 4 rings (SSSR count). The van der Waals surface area contributed by atoms with Crippen molar-refractivity contribution in [2.75, 3.05) is 7.11 Å². The summed E-state index contributed by atoms with van der Waals surface area (Å²) in [5.41, 5.74) is 5.90. The second-order valence-electron chi connectivity index (χ2n) is 6.31. The molecule has 2 nitrogen and oxygen atoms in total. The molecule has 0 aromatic heterocycles. The average Bonchev–Trinajstić information content (AvgIpc) is 2.85. The molecule has 104 valence electrons. The van der Waals surface area contributed by atoms with Gasteiger partial charge in [0, 0.05) is 12.3 Å². The molecule has 20 heavy (non-hydrogen) atoms. The van der Waals surface area contributed by atoms with Crippen molar-refractivity contribution in [3.63, 3.8) is 0 Å². The van der Waals surface area contributed by atoms with Crippen molar-refractivity contribution in [3.8, 4) is 5.75 Å². The average molecular weight is 268 g/mol. The molecule has 3 aliphatic carbocycles. The second-order valence-corrected chi connectivity index (χ2v) is 6.31. The maximum atomic E-state index is 12.1. The molecule has 1 fully saturated rings. The lowest BCUT2D eigenvalue weighted by molar-refractivity contribution is -0.126. The van der Waals surface area contributed by atoms with Crippen LogP contribution in [-0.2, 0) is 11.2 Å². The molecule has 0 aliphatic heterocycles. The first-order chi connectivity index (χ1) is 9.78. The first-order valence-electron chi connectivity index (χ1n) is 7.70. The molecule has 2 atom stereocenters. The summed E-state index contributed by atoms with van der Waals surface area (Å²) in [7, 11) is 1.72. The van der Waals surface area contributed by atoms with Crippen molar-refractivity contribution in [2.45, 2.75) is 38.5 Å². The van der Waals surface area contributed by atoms with Crippen molar-refractivity contribution in [2.24, 2.45) is 11.8 Å². The Morgan fingerprint density at radius 1 is 1.15 bits per heavy atom. The summed E-state index contributed by atoms with van der Waals surface area (Å²) in [4.78, 5) is 12.1. The normalized spacial score (nSPS) is 27.9. The zero-order valence-corrected chi connectivity index (χ0v) is 11.9. The van der Waals surface area contributed by atoms with Gasteiger partial charge < -0.3 is 4.74 Å². The van der Waals surface area contributed by atoms with Crippen LogP contribution in [0.1, 0.15) is 43.2 Å². The minimum Gasteiger partial charge on any atom is -0.497 e. The largest absolute Gasteiger partial charge is 0.497 e. The van der Waals surface area contributed by atoms with E-state index in [4.69, 9.17) is 4.74 Å². The highest BCUT2D eigenvalue weighted by Gasteiger charge is 2.40. The lowest BCUT2D eigenvalue weighted by atomic mass is 9.67. The Kier molecular flexibility index (Phi) is 2.73. The van der Waals surface area contributed by atoms with Crippen molar-refractivity contribution in [1.82, 2.24) is 0 Å². The maximum absolute atomic E-state index is 12.1. The van der Waals surface area contributed by atoms with Crippen molar-refractivity contribution in [3.05, 3.63) is 34.9 Å². The molecular formula is C18H20O2. The molecule has 2 unspecified atom stereocenters. The highest BCUT2D eigenvalue weighted by Crippen LogP contribution is 2.50. The Morgan fingerprint density at radius 2 is 2.05 bits per heavy atom. The number of allylic oxidation sites excluding steroid dienone is 2. The third-order valence-corrected chi connectivity index (χ3v) is 5.40. The number of fused-ring (bicyclic) bond motifs is 4. The number of methoxy groups -OCH3 is 1. The highest BCUT2D eigenvalue weighted by atomic mass is 16.5. The lowest BCUT2D eigenvalue weighted by Crippen LogP contribution is -2.32. The Morgan fingerprint density at radius 3 is 2.90 bits per heavy atom. The number of ether oxygens (including phenoxy) is 1. The number of rotatable bonds is 1. The molecule has 0 N–H and O–H groups in total. The molecular weight excluding hydrogens is 248 g/mol. The predicted octanol–water partition coefficient (Wildman–Crippen LogP) is 3.78. The Bertz CT molecular complexity index is 612. The summed E-state index contributed by atoms with van der Waals surface area (Å²) in [6.45, 7) is 0. The Hall–Kier alpha value is -1.57. The van der Waals surface area contributed by atoms with Gasteiger partial charge in [-0.3, -0.25) is 4.79 Å². The van der Waals surface area contributed by atoms with Crippen LogP contribution in [0.5, 0.6) is 5.75 Å². The molecule has 1 aromatic rings. The first kappa shape index (κ1) is 12.2. The number of ketones is 1. The van der Waals surface area contributed by atoms with Gasteiger partial charge in [0.2, 0.25) is 0 Å². The molecule has 0 spiro atoms. The number of Topliss-reactive ketones (excluding diaryl/α,β-unsaturated/α-hetero) is 1. The summed E-state index contributed by atoms with van der Waals surface area (Å²) in [5, 5.41) is 0. The van der Waals surface area contributed by atoms with E-state index in [9.17, 15) is 4.79 Å². The highest BCUT2D eigenvalue weighted by molar-refractivity contribution is 5.86. The molecule has 1 saturated carbocycles. The van der Waals surface area contributed by atoms with Gasteiger partial charge in [-0.25, -0.2) is 0 Å².